The second-order valence-corrected chi connectivity index (χ2v) is 9.05. The Balaban J connectivity index is 1.86. The maximum atomic E-state index is 14.0. The predicted molar refractivity (Wildman–Crippen MR) is 144 cm³/mol. The van der Waals surface area contributed by atoms with Gasteiger partial charge in [-0.15, -0.1) is 0 Å². The molecule has 7 heteroatoms. The molecule has 0 aliphatic rings. The quantitative estimate of drug-likeness (QED) is 0.281. The minimum absolute atomic E-state index is 0.0781. The largest absolute Gasteiger partial charge is 0.461 e. The molecule has 5 aromatic rings. The van der Waals surface area contributed by atoms with E-state index < -0.39 is 5.97 Å². The Bertz CT molecular complexity index is 1630. The second-order valence-electron chi connectivity index (χ2n) is 9.05. The van der Waals surface area contributed by atoms with Crippen molar-refractivity contribution in [3.63, 3.8) is 0 Å². The van der Waals surface area contributed by atoms with Crippen molar-refractivity contribution in [3.05, 3.63) is 112 Å². The van der Waals surface area contributed by atoms with E-state index in [-0.39, 0.29) is 24.5 Å². The number of imidazole rings is 1. The van der Waals surface area contributed by atoms with Gasteiger partial charge in [0.2, 0.25) is 0 Å². The average molecular weight is 493 g/mol. The van der Waals surface area contributed by atoms with Gasteiger partial charge in [0, 0.05) is 5.56 Å². The third-order valence-corrected chi connectivity index (χ3v) is 6.25. The number of carbonyl (C=O) groups is 1. The molecular weight excluding hydrogens is 464 g/mol. The topological polar surface area (TPSA) is 79.0 Å². The number of aromatic nitrogens is 4. The zero-order valence-corrected chi connectivity index (χ0v) is 21.1. The molecule has 0 aliphatic carbocycles. The maximum absolute atomic E-state index is 14.0. The number of ether oxygens (including phenoxy) is 1. The molecule has 0 atom stereocenters. The van der Waals surface area contributed by atoms with Gasteiger partial charge in [0.05, 0.1) is 18.8 Å². The Morgan fingerprint density at radius 3 is 2.30 bits per heavy atom. The minimum Gasteiger partial charge on any atom is -0.461 e. The summed E-state index contributed by atoms with van der Waals surface area (Å²) in [5, 5.41) is 0. The Morgan fingerprint density at radius 2 is 1.59 bits per heavy atom. The molecule has 0 saturated carbocycles. The van der Waals surface area contributed by atoms with Crippen LogP contribution in [0.4, 0.5) is 0 Å². The van der Waals surface area contributed by atoms with Crippen molar-refractivity contribution in [2.24, 2.45) is 0 Å². The molecule has 0 radical (unpaired) electrons. The van der Waals surface area contributed by atoms with Crippen LogP contribution in [0.15, 0.2) is 83.7 Å². The molecule has 37 heavy (non-hydrogen) atoms. The van der Waals surface area contributed by atoms with E-state index in [0.717, 1.165) is 22.3 Å². The molecule has 0 unspecified atom stereocenters. The fourth-order valence-corrected chi connectivity index (χ4v) is 4.34. The average Bonchev–Trinajstić information content (AvgIpc) is 3.18. The van der Waals surface area contributed by atoms with Gasteiger partial charge in [-0.1, -0.05) is 85.3 Å². The first-order valence-electron chi connectivity index (χ1n) is 12.3. The molecule has 0 bridgehead atoms. The third kappa shape index (κ3) is 4.68. The van der Waals surface area contributed by atoms with E-state index in [4.69, 9.17) is 9.72 Å². The number of esters is 1. The van der Waals surface area contributed by atoms with Gasteiger partial charge in [-0.05, 0) is 37.5 Å². The van der Waals surface area contributed by atoms with Gasteiger partial charge in [0.25, 0.3) is 0 Å². The van der Waals surface area contributed by atoms with E-state index in [9.17, 15) is 9.59 Å². The van der Waals surface area contributed by atoms with Crippen LogP contribution in [-0.4, -0.2) is 31.7 Å². The van der Waals surface area contributed by atoms with Gasteiger partial charge in [-0.25, -0.2) is 24.1 Å². The van der Waals surface area contributed by atoms with E-state index in [0.29, 0.717) is 29.1 Å². The highest BCUT2D eigenvalue weighted by molar-refractivity contribution is 6.00. The summed E-state index contributed by atoms with van der Waals surface area (Å²) in [6.45, 7) is 6.39. The number of nitrogens with zero attached hydrogens (tertiary/aromatic N) is 4. The number of aryl methyl sites for hydroxylation is 2. The molecule has 7 nitrogen and oxygen atoms in total. The standard InChI is InChI=1S/C30H28N4O3/c1-4-18-37-29(35)25-26-28(32-27(31-25)23-16-14-20(2)15-17-23)34(24-13-9-8-10-21(24)3)30(36)33(26)19-22-11-6-5-7-12-22/h5-17H,4,18-19H2,1-3H3. The van der Waals surface area contributed by atoms with Crippen molar-refractivity contribution >= 4 is 17.1 Å². The van der Waals surface area contributed by atoms with Crippen molar-refractivity contribution < 1.29 is 9.53 Å². The Kier molecular flexibility index (Phi) is 6.68. The van der Waals surface area contributed by atoms with E-state index in [2.05, 4.69) is 4.98 Å². The molecule has 0 saturated heterocycles. The number of carbonyl (C=O) groups excluding carboxylic acids is 1. The molecule has 2 heterocycles. The fraction of sp³-hybridized carbons (Fsp3) is 0.200. The van der Waals surface area contributed by atoms with Gasteiger partial charge in [0.15, 0.2) is 17.2 Å². The fourth-order valence-electron chi connectivity index (χ4n) is 4.34. The summed E-state index contributed by atoms with van der Waals surface area (Å²) in [6, 6.07) is 25.0. The lowest BCUT2D eigenvalue weighted by Crippen LogP contribution is -2.24. The molecule has 3 aromatic carbocycles. The summed E-state index contributed by atoms with van der Waals surface area (Å²) in [5.41, 5.74) is 4.87. The summed E-state index contributed by atoms with van der Waals surface area (Å²) in [7, 11) is 0. The first kappa shape index (κ1) is 24.2. The lowest BCUT2D eigenvalue weighted by atomic mass is 10.1. The normalized spacial score (nSPS) is 11.1. The van der Waals surface area contributed by atoms with Crippen LogP contribution in [0.1, 0.15) is 40.5 Å². The van der Waals surface area contributed by atoms with Crippen molar-refractivity contribution in [3.8, 4) is 17.1 Å². The summed E-state index contributed by atoms with van der Waals surface area (Å²) in [5.74, 6) is -0.221. The van der Waals surface area contributed by atoms with Crippen LogP contribution in [0.5, 0.6) is 0 Å². The number of benzene rings is 3. The van der Waals surface area contributed by atoms with Crippen LogP contribution in [0, 0.1) is 13.8 Å². The maximum Gasteiger partial charge on any atom is 0.359 e. The molecule has 0 aliphatic heterocycles. The van der Waals surface area contributed by atoms with Crippen molar-refractivity contribution in [2.45, 2.75) is 33.7 Å². The summed E-state index contributed by atoms with van der Waals surface area (Å²) < 4.78 is 8.67. The van der Waals surface area contributed by atoms with E-state index in [1.165, 1.54) is 0 Å². The lowest BCUT2D eigenvalue weighted by Gasteiger charge is -2.10. The minimum atomic E-state index is -0.577. The lowest BCUT2D eigenvalue weighted by molar-refractivity contribution is 0.0500. The molecule has 0 fully saturated rings. The van der Waals surface area contributed by atoms with Crippen molar-refractivity contribution in [1.82, 2.24) is 19.1 Å². The summed E-state index contributed by atoms with van der Waals surface area (Å²) in [6.07, 6.45) is 0.672. The molecule has 2 aromatic heterocycles. The van der Waals surface area contributed by atoms with E-state index >= 15 is 0 Å². The smallest absolute Gasteiger partial charge is 0.359 e. The Hall–Kier alpha value is -4.52. The van der Waals surface area contributed by atoms with Crippen LogP contribution < -0.4 is 5.69 Å². The highest BCUT2D eigenvalue weighted by atomic mass is 16.5. The van der Waals surface area contributed by atoms with Crippen LogP contribution in [0.3, 0.4) is 0 Å². The number of hydrogen-bond acceptors (Lipinski definition) is 5. The SMILES string of the molecule is CCCOC(=O)c1nc(-c2ccc(C)cc2)nc2c1n(Cc1ccccc1)c(=O)n2-c1ccccc1C. The number of hydrogen-bond donors (Lipinski definition) is 0. The van der Waals surface area contributed by atoms with Gasteiger partial charge in [-0.2, -0.15) is 0 Å². The zero-order valence-electron chi connectivity index (χ0n) is 21.1. The predicted octanol–water partition coefficient (Wildman–Crippen LogP) is 5.48. The monoisotopic (exact) mass is 492 g/mol. The first-order valence-corrected chi connectivity index (χ1v) is 12.3. The highest BCUT2D eigenvalue weighted by Crippen LogP contribution is 2.26. The van der Waals surface area contributed by atoms with Crippen molar-refractivity contribution in [2.75, 3.05) is 6.61 Å². The van der Waals surface area contributed by atoms with Gasteiger partial charge in [-0.3, -0.25) is 4.57 Å². The molecule has 0 amide bonds. The zero-order chi connectivity index (χ0) is 25.9. The number of rotatable bonds is 7. The third-order valence-electron chi connectivity index (χ3n) is 6.25. The number of fused-ring (bicyclic) bond motifs is 1. The van der Waals surface area contributed by atoms with E-state index in [1.54, 1.807) is 9.13 Å². The van der Waals surface area contributed by atoms with Crippen LogP contribution in [0.2, 0.25) is 0 Å². The first-order chi connectivity index (χ1) is 18.0. The van der Waals surface area contributed by atoms with Gasteiger partial charge < -0.3 is 4.74 Å². The summed E-state index contributed by atoms with van der Waals surface area (Å²) in [4.78, 5) is 36.9. The highest BCUT2D eigenvalue weighted by Gasteiger charge is 2.26. The second kappa shape index (κ2) is 10.2. The molecule has 0 spiro atoms. The van der Waals surface area contributed by atoms with E-state index in [1.807, 2.05) is 99.6 Å². The van der Waals surface area contributed by atoms with Crippen LogP contribution in [-0.2, 0) is 11.3 Å². The number of para-hydroxylation sites is 1. The Morgan fingerprint density at radius 1 is 0.892 bits per heavy atom. The summed E-state index contributed by atoms with van der Waals surface area (Å²) >= 11 is 0. The van der Waals surface area contributed by atoms with Gasteiger partial charge >= 0.3 is 11.7 Å². The van der Waals surface area contributed by atoms with Gasteiger partial charge in [0.1, 0.15) is 5.52 Å². The van der Waals surface area contributed by atoms with Crippen molar-refractivity contribution in [1.29, 1.82) is 0 Å². The molecule has 5 rings (SSSR count). The van der Waals surface area contributed by atoms with Crippen LogP contribution >= 0.6 is 0 Å². The Labute approximate surface area is 215 Å². The van der Waals surface area contributed by atoms with Crippen LogP contribution in [0.25, 0.3) is 28.2 Å². The molecular formula is C30H28N4O3. The molecule has 186 valence electrons. The molecule has 0 N–H and O–H groups in total.